The van der Waals surface area contributed by atoms with Crippen molar-refractivity contribution in [1.82, 2.24) is 0 Å². The Morgan fingerprint density at radius 2 is 1.85 bits per heavy atom. The van der Waals surface area contributed by atoms with Crippen molar-refractivity contribution in [2.45, 2.75) is 25.6 Å². The molecule has 0 saturated carbocycles. The number of hydrogen-bond donors (Lipinski definition) is 0. The van der Waals surface area contributed by atoms with E-state index in [1.807, 2.05) is 25.1 Å². The van der Waals surface area contributed by atoms with Gasteiger partial charge in [-0.1, -0.05) is 51.3 Å². The Morgan fingerprint density at radius 1 is 1.10 bits per heavy atom. The summed E-state index contributed by atoms with van der Waals surface area (Å²) in [4.78, 5) is 0.0707. The van der Waals surface area contributed by atoms with Crippen LogP contribution in [0.2, 0.25) is 5.02 Å². The molecule has 2 rings (SSSR count). The lowest BCUT2D eigenvalue weighted by Crippen LogP contribution is -2.01. The predicted octanol–water partition coefficient (Wildman–Crippen LogP) is 5.84. The summed E-state index contributed by atoms with van der Waals surface area (Å²) in [6, 6.07) is 12.3. The molecule has 1 nitrogen and oxygen atoms in total. The van der Waals surface area contributed by atoms with Crippen LogP contribution in [0.25, 0.3) is 0 Å². The average molecular weight is 354 g/mol. The van der Waals surface area contributed by atoms with E-state index in [1.54, 1.807) is 0 Å². The normalized spacial score (nSPS) is 12.2. The molecule has 0 aliphatic rings. The molecule has 1 unspecified atom stereocenters. The van der Waals surface area contributed by atoms with E-state index < -0.39 is 0 Å². The maximum Gasteiger partial charge on any atom is 0.123 e. The Bertz CT molecular complexity index is 590. The van der Waals surface area contributed by atoms with Crippen LogP contribution in [0.3, 0.4) is 0 Å². The summed E-state index contributed by atoms with van der Waals surface area (Å²) in [7, 11) is 0. The lowest BCUT2D eigenvalue weighted by atomic mass is 10.0. The van der Waals surface area contributed by atoms with Gasteiger partial charge in [0, 0.05) is 10.6 Å². The molecule has 0 saturated heterocycles. The number of rotatable bonds is 4. The number of benzene rings is 2. The first-order valence-electron chi connectivity index (χ1n) is 6.65. The SMILES string of the molecule is CCOc1ccc(C)cc1C(Br)c1cc(C)cc(Cl)c1. The topological polar surface area (TPSA) is 9.23 Å². The van der Waals surface area contributed by atoms with Gasteiger partial charge in [0.25, 0.3) is 0 Å². The summed E-state index contributed by atoms with van der Waals surface area (Å²) in [6.45, 7) is 6.79. The maximum atomic E-state index is 6.16. The molecule has 2 aromatic rings. The van der Waals surface area contributed by atoms with Crippen LogP contribution in [0.5, 0.6) is 5.75 Å². The van der Waals surface area contributed by atoms with Crippen LogP contribution in [-0.2, 0) is 0 Å². The maximum absolute atomic E-state index is 6.16. The molecule has 2 aromatic carbocycles. The second kappa shape index (κ2) is 6.64. The van der Waals surface area contributed by atoms with Crippen molar-refractivity contribution < 1.29 is 4.74 Å². The fourth-order valence-corrected chi connectivity index (χ4v) is 3.16. The van der Waals surface area contributed by atoms with Gasteiger partial charge in [-0.25, -0.2) is 0 Å². The third-order valence-corrected chi connectivity index (χ3v) is 4.34. The molecule has 106 valence electrons. The van der Waals surface area contributed by atoms with E-state index in [-0.39, 0.29) is 4.83 Å². The molecule has 0 amide bonds. The van der Waals surface area contributed by atoms with Gasteiger partial charge >= 0.3 is 0 Å². The zero-order chi connectivity index (χ0) is 14.7. The van der Waals surface area contributed by atoms with Crippen LogP contribution in [0.4, 0.5) is 0 Å². The largest absolute Gasteiger partial charge is 0.494 e. The molecule has 0 N–H and O–H groups in total. The van der Waals surface area contributed by atoms with Gasteiger partial charge in [-0.2, -0.15) is 0 Å². The van der Waals surface area contributed by atoms with E-state index in [9.17, 15) is 0 Å². The molecule has 0 aliphatic carbocycles. The van der Waals surface area contributed by atoms with Crippen LogP contribution >= 0.6 is 27.5 Å². The van der Waals surface area contributed by atoms with Crippen LogP contribution in [0.15, 0.2) is 36.4 Å². The van der Waals surface area contributed by atoms with Gasteiger partial charge in [0.2, 0.25) is 0 Å². The summed E-state index contributed by atoms with van der Waals surface area (Å²) in [5.41, 5.74) is 4.64. The molecule has 0 spiro atoms. The monoisotopic (exact) mass is 352 g/mol. The molecule has 0 heterocycles. The summed E-state index contributed by atoms with van der Waals surface area (Å²) in [6.07, 6.45) is 0. The summed E-state index contributed by atoms with van der Waals surface area (Å²) in [5.74, 6) is 0.914. The van der Waals surface area contributed by atoms with E-state index in [1.165, 1.54) is 5.56 Å². The zero-order valence-corrected chi connectivity index (χ0v) is 14.3. The fourth-order valence-electron chi connectivity index (χ4n) is 2.24. The summed E-state index contributed by atoms with van der Waals surface area (Å²) in [5, 5.41) is 0.759. The quantitative estimate of drug-likeness (QED) is 0.627. The Labute approximate surface area is 134 Å². The summed E-state index contributed by atoms with van der Waals surface area (Å²) >= 11 is 9.94. The van der Waals surface area contributed by atoms with Crippen LogP contribution in [0, 0.1) is 13.8 Å². The van der Waals surface area contributed by atoms with Gasteiger partial charge in [0.05, 0.1) is 11.4 Å². The minimum absolute atomic E-state index is 0.0707. The van der Waals surface area contributed by atoms with E-state index in [0.717, 1.165) is 27.5 Å². The van der Waals surface area contributed by atoms with E-state index in [2.05, 4.69) is 48.0 Å². The standard InChI is InChI=1S/C17H18BrClO/c1-4-20-16-6-5-11(2)9-15(16)17(18)13-7-12(3)8-14(19)10-13/h5-10,17H,4H2,1-3H3. The highest BCUT2D eigenvalue weighted by Gasteiger charge is 2.16. The highest BCUT2D eigenvalue weighted by atomic mass is 79.9. The van der Waals surface area contributed by atoms with Gasteiger partial charge in [-0.3, -0.25) is 0 Å². The first-order chi connectivity index (χ1) is 9.51. The van der Waals surface area contributed by atoms with Crippen molar-refractivity contribution >= 4 is 27.5 Å². The molecular formula is C17H18BrClO. The van der Waals surface area contributed by atoms with Crippen LogP contribution in [0.1, 0.15) is 34.0 Å². The molecule has 20 heavy (non-hydrogen) atoms. The molecule has 0 radical (unpaired) electrons. The second-order valence-corrected chi connectivity index (χ2v) is 6.25. The lowest BCUT2D eigenvalue weighted by molar-refractivity contribution is 0.337. The molecule has 0 aromatic heterocycles. The number of alkyl halides is 1. The summed E-state index contributed by atoms with van der Waals surface area (Å²) < 4.78 is 5.73. The minimum atomic E-state index is 0.0707. The highest BCUT2D eigenvalue weighted by Crippen LogP contribution is 2.38. The first kappa shape index (κ1) is 15.4. The zero-order valence-electron chi connectivity index (χ0n) is 11.9. The van der Waals surface area contributed by atoms with Crippen LogP contribution in [-0.4, -0.2) is 6.61 Å². The number of aryl methyl sites for hydroxylation is 2. The predicted molar refractivity (Wildman–Crippen MR) is 89.3 cm³/mol. The Morgan fingerprint density at radius 3 is 2.50 bits per heavy atom. The van der Waals surface area contributed by atoms with Gasteiger partial charge in [-0.05, 0) is 50.1 Å². The number of hydrogen-bond acceptors (Lipinski definition) is 1. The fraction of sp³-hybridized carbons (Fsp3) is 0.294. The molecule has 0 fully saturated rings. The third-order valence-electron chi connectivity index (χ3n) is 3.10. The third kappa shape index (κ3) is 3.56. The Balaban J connectivity index is 2.46. The van der Waals surface area contributed by atoms with Gasteiger partial charge in [0.15, 0.2) is 0 Å². The first-order valence-corrected chi connectivity index (χ1v) is 7.95. The second-order valence-electron chi connectivity index (χ2n) is 4.90. The smallest absolute Gasteiger partial charge is 0.123 e. The highest BCUT2D eigenvalue weighted by molar-refractivity contribution is 9.09. The Kier molecular flexibility index (Phi) is 5.11. The van der Waals surface area contributed by atoms with E-state index in [0.29, 0.717) is 6.61 Å². The van der Waals surface area contributed by atoms with Crippen LogP contribution < -0.4 is 4.74 Å². The molecule has 1 atom stereocenters. The van der Waals surface area contributed by atoms with Gasteiger partial charge in [0.1, 0.15) is 5.75 Å². The van der Waals surface area contributed by atoms with Gasteiger partial charge in [-0.15, -0.1) is 0 Å². The average Bonchev–Trinajstić information content (AvgIpc) is 2.39. The van der Waals surface area contributed by atoms with Crippen molar-refractivity contribution in [3.05, 3.63) is 63.7 Å². The Hall–Kier alpha value is -0.990. The van der Waals surface area contributed by atoms with Gasteiger partial charge < -0.3 is 4.74 Å². The molecule has 3 heteroatoms. The molecule has 0 bridgehead atoms. The molecular weight excluding hydrogens is 336 g/mol. The van der Waals surface area contributed by atoms with E-state index in [4.69, 9.17) is 16.3 Å². The van der Waals surface area contributed by atoms with Crippen molar-refractivity contribution in [3.8, 4) is 5.75 Å². The van der Waals surface area contributed by atoms with E-state index >= 15 is 0 Å². The van der Waals surface area contributed by atoms with Crippen molar-refractivity contribution in [3.63, 3.8) is 0 Å². The minimum Gasteiger partial charge on any atom is -0.494 e. The van der Waals surface area contributed by atoms with Crippen molar-refractivity contribution in [2.75, 3.05) is 6.61 Å². The molecule has 0 aliphatic heterocycles. The lowest BCUT2D eigenvalue weighted by Gasteiger charge is -2.17. The number of ether oxygens (including phenoxy) is 1. The van der Waals surface area contributed by atoms with Crippen molar-refractivity contribution in [1.29, 1.82) is 0 Å². The van der Waals surface area contributed by atoms with Crippen molar-refractivity contribution in [2.24, 2.45) is 0 Å². The number of halogens is 2.